The van der Waals surface area contributed by atoms with Crippen LogP contribution in [0, 0.1) is 0 Å². The van der Waals surface area contributed by atoms with Crippen molar-refractivity contribution in [3.8, 4) is 5.75 Å². The summed E-state index contributed by atoms with van der Waals surface area (Å²) < 4.78 is 5.54. The van der Waals surface area contributed by atoms with Crippen LogP contribution in [0.5, 0.6) is 5.75 Å². The van der Waals surface area contributed by atoms with Crippen LogP contribution in [0.4, 0.5) is 0 Å². The second-order valence-electron chi connectivity index (χ2n) is 2.88. The minimum absolute atomic E-state index is 0.556. The van der Waals surface area contributed by atoms with Crippen LogP contribution in [0.15, 0.2) is 30.0 Å². The Labute approximate surface area is 100 Å². The second-order valence-corrected chi connectivity index (χ2v) is 4.41. The minimum atomic E-state index is 0.556. The molecule has 15 heavy (non-hydrogen) atoms. The van der Waals surface area contributed by atoms with E-state index in [0.29, 0.717) is 6.61 Å². The van der Waals surface area contributed by atoms with Gasteiger partial charge in [-0.15, -0.1) is 11.3 Å². The van der Waals surface area contributed by atoms with E-state index in [4.69, 9.17) is 4.74 Å². The first kappa shape index (κ1) is 10.6. The van der Waals surface area contributed by atoms with Crippen molar-refractivity contribution < 1.29 is 4.74 Å². The van der Waals surface area contributed by atoms with Crippen LogP contribution in [-0.4, -0.2) is 9.97 Å². The normalized spacial score (nSPS) is 10.2. The molecular weight excluding hydrogens is 276 g/mol. The lowest BCUT2D eigenvalue weighted by molar-refractivity contribution is 0.308. The molecule has 0 saturated carbocycles. The Morgan fingerprint density at radius 3 is 2.87 bits per heavy atom. The van der Waals surface area contributed by atoms with Crippen LogP contribution in [0.2, 0.25) is 0 Å². The van der Waals surface area contributed by atoms with Gasteiger partial charge in [0.2, 0.25) is 0 Å². The van der Waals surface area contributed by atoms with Gasteiger partial charge in [-0.3, -0.25) is 9.97 Å². The minimum Gasteiger partial charge on any atom is -0.486 e. The number of hydrogen-bond donors (Lipinski definition) is 0. The molecule has 78 valence electrons. The highest BCUT2D eigenvalue weighted by atomic mass is 79.9. The Morgan fingerprint density at radius 1 is 1.33 bits per heavy atom. The first-order valence-electron chi connectivity index (χ1n) is 4.39. The van der Waals surface area contributed by atoms with Gasteiger partial charge in [0.25, 0.3) is 0 Å². The molecule has 0 aliphatic heterocycles. The summed E-state index contributed by atoms with van der Waals surface area (Å²) >= 11 is 4.93. The topological polar surface area (TPSA) is 35.0 Å². The number of pyridine rings is 1. The zero-order valence-corrected chi connectivity index (χ0v) is 10.3. The number of alkyl halides is 1. The van der Waals surface area contributed by atoms with Crippen LogP contribution in [0.25, 0.3) is 0 Å². The molecule has 2 heterocycles. The molecule has 3 nitrogen and oxygen atoms in total. The van der Waals surface area contributed by atoms with Gasteiger partial charge in [-0.05, 0) is 12.1 Å². The molecule has 0 aliphatic rings. The lowest BCUT2D eigenvalue weighted by atomic mass is 10.4. The van der Waals surface area contributed by atoms with Crippen molar-refractivity contribution in [2.75, 3.05) is 0 Å². The molecule has 2 aromatic rings. The molecule has 0 spiro atoms. The fourth-order valence-corrected chi connectivity index (χ4v) is 1.88. The van der Waals surface area contributed by atoms with E-state index in [1.165, 1.54) is 0 Å². The van der Waals surface area contributed by atoms with Crippen molar-refractivity contribution in [1.82, 2.24) is 9.97 Å². The standard InChI is InChI=1S/C10H9BrN2OS/c11-3-8-1-2-9(4-13-8)14-6-10-5-12-7-15-10/h1-2,4-5,7H,3,6H2. The van der Waals surface area contributed by atoms with Gasteiger partial charge in [-0.2, -0.15) is 0 Å². The highest BCUT2D eigenvalue weighted by Crippen LogP contribution is 2.14. The zero-order valence-electron chi connectivity index (χ0n) is 7.89. The van der Waals surface area contributed by atoms with E-state index in [2.05, 4.69) is 25.9 Å². The number of hydrogen-bond acceptors (Lipinski definition) is 4. The maximum absolute atomic E-state index is 5.54. The molecule has 0 amide bonds. The predicted molar refractivity (Wildman–Crippen MR) is 63.3 cm³/mol. The Hall–Kier alpha value is -0.940. The molecule has 5 heteroatoms. The summed E-state index contributed by atoms with van der Waals surface area (Å²) in [5.41, 5.74) is 2.80. The Bertz CT molecular complexity index is 402. The van der Waals surface area contributed by atoms with E-state index in [-0.39, 0.29) is 0 Å². The maximum atomic E-state index is 5.54. The van der Waals surface area contributed by atoms with Crippen molar-refractivity contribution in [3.05, 3.63) is 40.6 Å². The molecule has 0 unspecified atom stereocenters. The third-order valence-electron chi connectivity index (χ3n) is 1.80. The van der Waals surface area contributed by atoms with E-state index in [1.807, 2.05) is 18.3 Å². The fraction of sp³-hybridized carbons (Fsp3) is 0.200. The average molecular weight is 285 g/mol. The summed E-state index contributed by atoms with van der Waals surface area (Å²) in [6, 6.07) is 3.86. The van der Waals surface area contributed by atoms with Gasteiger partial charge in [0, 0.05) is 11.5 Å². The summed E-state index contributed by atoms with van der Waals surface area (Å²) in [7, 11) is 0. The predicted octanol–water partition coefficient (Wildman–Crippen LogP) is 3.01. The number of aromatic nitrogens is 2. The Balaban J connectivity index is 1.93. The summed E-state index contributed by atoms with van der Waals surface area (Å²) in [4.78, 5) is 9.30. The zero-order chi connectivity index (χ0) is 10.5. The van der Waals surface area contributed by atoms with Crippen LogP contribution in [-0.2, 0) is 11.9 Å². The molecule has 0 aromatic carbocycles. The fourth-order valence-electron chi connectivity index (χ4n) is 1.04. The van der Waals surface area contributed by atoms with Crippen LogP contribution in [0.3, 0.4) is 0 Å². The lowest BCUT2D eigenvalue weighted by Gasteiger charge is -2.03. The van der Waals surface area contributed by atoms with Crippen molar-refractivity contribution in [2.45, 2.75) is 11.9 Å². The largest absolute Gasteiger partial charge is 0.486 e. The molecule has 0 radical (unpaired) electrons. The highest BCUT2D eigenvalue weighted by molar-refractivity contribution is 9.08. The van der Waals surface area contributed by atoms with Gasteiger partial charge in [0.15, 0.2) is 0 Å². The van der Waals surface area contributed by atoms with Crippen LogP contribution < -0.4 is 4.74 Å². The summed E-state index contributed by atoms with van der Waals surface area (Å²) in [5, 5.41) is 0.766. The van der Waals surface area contributed by atoms with Crippen molar-refractivity contribution in [3.63, 3.8) is 0 Å². The van der Waals surface area contributed by atoms with Crippen molar-refractivity contribution in [2.24, 2.45) is 0 Å². The monoisotopic (exact) mass is 284 g/mol. The molecule has 0 atom stereocenters. The van der Waals surface area contributed by atoms with E-state index in [0.717, 1.165) is 21.7 Å². The molecule has 0 aliphatic carbocycles. The third kappa shape index (κ3) is 3.00. The quantitative estimate of drug-likeness (QED) is 0.810. The number of ether oxygens (including phenoxy) is 1. The van der Waals surface area contributed by atoms with E-state index in [9.17, 15) is 0 Å². The molecule has 2 aromatic heterocycles. The van der Waals surface area contributed by atoms with Crippen molar-refractivity contribution in [1.29, 1.82) is 0 Å². The Kier molecular flexibility index (Phi) is 3.69. The molecule has 2 rings (SSSR count). The lowest BCUT2D eigenvalue weighted by Crippen LogP contribution is -1.94. The summed E-state index contributed by atoms with van der Waals surface area (Å²) in [6.07, 6.45) is 3.54. The van der Waals surface area contributed by atoms with Crippen LogP contribution >= 0.6 is 27.3 Å². The summed E-state index contributed by atoms with van der Waals surface area (Å²) in [6.45, 7) is 0.556. The summed E-state index contributed by atoms with van der Waals surface area (Å²) in [5.74, 6) is 0.785. The number of thiazole rings is 1. The highest BCUT2D eigenvalue weighted by Gasteiger charge is 1.98. The maximum Gasteiger partial charge on any atom is 0.138 e. The number of rotatable bonds is 4. The SMILES string of the molecule is BrCc1ccc(OCc2cncs2)cn1. The van der Waals surface area contributed by atoms with E-state index >= 15 is 0 Å². The smallest absolute Gasteiger partial charge is 0.138 e. The molecule has 0 N–H and O–H groups in total. The van der Waals surface area contributed by atoms with E-state index in [1.54, 1.807) is 23.0 Å². The van der Waals surface area contributed by atoms with Gasteiger partial charge in [0.1, 0.15) is 12.4 Å². The van der Waals surface area contributed by atoms with Crippen molar-refractivity contribution >= 4 is 27.3 Å². The molecule has 0 bridgehead atoms. The first-order chi connectivity index (χ1) is 7.38. The van der Waals surface area contributed by atoms with Gasteiger partial charge < -0.3 is 4.74 Å². The third-order valence-corrected chi connectivity index (χ3v) is 3.13. The Morgan fingerprint density at radius 2 is 2.27 bits per heavy atom. The van der Waals surface area contributed by atoms with Crippen LogP contribution in [0.1, 0.15) is 10.6 Å². The molecule has 0 saturated heterocycles. The van der Waals surface area contributed by atoms with Gasteiger partial charge in [-0.1, -0.05) is 15.9 Å². The molecular formula is C10H9BrN2OS. The second kappa shape index (κ2) is 5.23. The van der Waals surface area contributed by atoms with Gasteiger partial charge >= 0.3 is 0 Å². The van der Waals surface area contributed by atoms with Gasteiger partial charge in [0.05, 0.1) is 22.3 Å². The number of nitrogens with zero attached hydrogens (tertiary/aromatic N) is 2. The molecule has 0 fully saturated rings. The van der Waals surface area contributed by atoms with Gasteiger partial charge in [-0.25, -0.2) is 0 Å². The average Bonchev–Trinajstić information content (AvgIpc) is 2.80. The first-order valence-corrected chi connectivity index (χ1v) is 6.39. The number of halogens is 1. The van der Waals surface area contributed by atoms with E-state index < -0.39 is 0 Å².